The molecule has 0 aliphatic heterocycles. The number of thiophene rings is 1. The number of aromatic nitrogens is 3. The number of hydrogen-bond acceptors (Lipinski definition) is 6. The minimum Gasteiger partial charge on any atom is -0.398 e. The molecule has 8 heteroatoms. The number of carbonyl (C=O) groups excluding carboxylic acids is 1. The summed E-state index contributed by atoms with van der Waals surface area (Å²) in [6.45, 7) is 0. The Morgan fingerprint density at radius 1 is 1.24 bits per heavy atom. The number of anilines is 1. The Bertz CT molecular complexity index is 1180. The summed E-state index contributed by atoms with van der Waals surface area (Å²) < 4.78 is 1.92. The summed E-state index contributed by atoms with van der Waals surface area (Å²) in [6.07, 6.45) is 3.98. The summed E-state index contributed by atoms with van der Waals surface area (Å²) >= 11 is 7.14. The number of nitrogens with zero attached hydrogens (tertiary/aromatic N) is 3. The quantitative estimate of drug-likeness (QED) is 0.560. The van der Waals surface area contributed by atoms with Crippen LogP contribution < -0.4 is 11.3 Å². The Labute approximate surface area is 150 Å². The number of carbonyl (C=O) groups is 1. The SMILES string of the molecule is Nc1c(CC=O)cnc2sc3c(=O)n(-c4ccc(Cl)cc4)cnc3c12. The Morgan fingerprint density at radius 2 is 2.00 bits per heavy atom. The van der Waals surface area contributed by atoms with E-state index in [2.05, 4.69) is 9.97 Å². The van der Waals surface area contributed by atoms with Crippen molar-refractivity contribution < 1.29 is 4.79 Å². The molecule has 124 valence electrons. The van der Waals surface area contributed by atoms with Gasteiger partial charge in [0.05, 0.1) is 16.6 Å². The van der Waals surface area contributed by atoms with Gasteiger partial charge in [0.1, 0.15) is 22.1 Å². The van der Waals surface area contributed by atoms with Crippen LogP contribution in [-0.4, -0.2) is 20.8 Å². The Morgan fingerprint density at radius 3 is 2.72 bits per heavy atom. The largest absolute Gasteiger partial charge is 0.398 e. The Balaban J connectivity index is 2.00. The standard InChI is InChI=1S/C17H11ClN4O2S/c18-10-1-3-11(4-2-10)22-8-21-14-12-13(19)9(5-6-23)7-20-16(12)25-15(14)17(22)24/h1-4,6-8H,5H2,(H2,19,20). The molecule has 0 unspecified atom stereocenters. The highest BCUT2D eigenvalue weighted by molar-refractivity contribution is 7.25. The van der Waals surface area contributed by atoms with Crippen LogP contribution in [0.5, 0.6) is 0 Å². The minimum absolute atomic E-state index is 0.175. The number of fused-ring (bicyclic) bond motifs is 3. The van der Waals surface area contributed by atoms with Gasteiger partial charge in [-0.2, -0.15) is 0 Å². The molecule has 0 saturated carbocycles. The molecule has 1 aromatic carbocycles. The first-order valence-corrected chi connectivity index (χ1v) is 8.56. The summed E-state index contributed by atoms with van der Waals surface area (Å²) in [6, 6.07) is 6.92. The summed E-state index contributed by atoms with van der Waals surface area (Å²) in [7, 11) is 0. The van der Waals surface area contributed by atoms with Crippen molar-refractivity contribution in [2.45, 2.75) is 6.42 Å². The van der Waals surface area contributed by atoms with Crippen molar-refractivity contribution in [3.8, 4) is 5.69 Å². The smallest absolute Gasteiger partial charge is 0.275 e. The summed E-state index contributed by atoms with van der Waals surface area (Å²) in [5.41, 5.74) is 8.23. The van der Waals surface area contributed by atoms with Crippen LogP contribution in [-0.2, 0) is 11.2 Å². The number of aldehydes is 1. The Hall–Kier alpha value is -2.77. The van der Waals surface area contributed by atoms with Gasteiger partial charge in [-0.15, -0.1) is 11.3 Å². The van der Waals surface area contributed by atoms with Gasteiger partial charge in [-0.3, -0.25) is 9.36 Å². The van der Waals surface area contributed by atoms with E-state index in [9.17, 15) is 9.59 Å². The second kappa shape index (κ2) is 5.94. The molecule has 0 aliphatic rings. The highest BCUT2D eigenvalue weighted by Gasteiger charge is 2.17. The summed E-state index contributed by atoms with van der Waals surface area (Å²) in [5.74, 6) is 0. The van der Waals surface area contributed by atoms with E-state index in [1.54, 1.807) is 30.5 Å². The lowest BCUT2D eigenvalue weighted by Gasteiger charge is -2.05. The van der Waals surface area contributed by atoms with Crippen LogP contribution >= 0.6 is 22.9 Å². The molecule has 0 radical (unpaired) electrons. The maximum Gasteiger partial charge on any atom is 0.275 e. The molecule has 25 heavy (non-hydrogen) atoms. The van der Waals surface area contributed by atoms with Crippen LogP contribution in [0.1, 0.15) is 5.56 Å². The van der Waals surface area contributed by atoms with Crippen LogP contribution in [0.4, 0.5) is 5.69 Å². The van der Waals surface area contributed by atoms with Gasteiger partial charge in [0.25, 0.3) is 5.56 Å². The van der Waals surface area contributed by atoms with Gasteiger partial charge in [-0.1, -0.05) is 11.6 Å². The van der Waals surface area contributed by atoms with Crippen molar-refractivity contribution in [2.24, 2.45) is 0 Å². The predicted molar refractivity (Wildman–Crippen MR) is 99.7 cm³/mol. The van der Waals surface area contributed by atoms with Crippen molar-refractivity contribution in [1.29, 1.82) is 0 Å². The highest BCUT2D eigenvalue weighted by atomic mass is 35.5. The van der Waals surface area contributed by atoms with Crippen LogP contribution in [0.3, 0.4) is 0 Å². The molecule has 0 fully saturated rings. The highest BCUT2D eigenvalue weighted by Crippen LogP contribution is 2.34. The zero-order valence-electron chi connectivity index (χ0n) is 12.8. The predicted octanol–water partition coefficient (Wildman–Crippen LogP) is 2.97. The van der Waals surface area contributed by atoms with Crippen molar-refractivity contribution in [1.82, 2.24) is 14.5 Å². The zero-order chi connectivity index (χ0) is 17.6. The van der Waals surface area contributed by atoms with E-state index in [0.29, 0.717) is 42.4 Å². The van der Waals surface area contributed by atoms with Crippen molar-refractivity contribution >= 4 is 55.3 Å². The monoisotopic (exact) mass is 370 g/mol. The second-order valence-corrected chi connectivity index (χ2v) is 6.86. The average Bonchev–Trinajstić information content (AvgIpc) is 2.99. The molecular formula is C17H11ClN4O2S. The zero-order valence-corrected chi connectivity index (χ0v) is 14.3. The number of pyridine rings is 1. The molecule has 3 heterocycles. The van der Waals surface area contributed by atoms with Crippen LogP contribution in [0.15, 0.2) is 41.6 Å². The van der Waals surface area contributed by atoms with E-state index < -0.39 is 0 Å². The number of benzene rings is 1. The number of hydrogen-bond donors (Lipinski definition) is 1. The van der Waals surface area contributed by atoms with Gasteiger partial charge in [-0.05, 0) is 24.3 Å². The molecule has 0 aliphatic carbocycles. The fraction of sp³-hybridized carbons (Fsp3) is 0.0588. The molecule has 4 rings (SSSR count). The van der Waals surface area contributed by atoms with Crippen LogP contribution in [0.2, 0.25) is 5.02 Å². The summed E-state index contributed by atoms with van der Waals surface area (Å²) in [5, 5.41) is 1.21. The third kappa shape index (κ3) is 2.48. The first-order chi connectivity index (χ1) is 12.1. The van der Waals surface area contributed by atoms with Gasteiger partial charge >= 0.3 is 0 Å². The minimum atomic E-state index is -0.202. The number of halogens is 1. The third-order valence-electron chi connectivity index (χ3n) is 3.94. The van der Waals surface area contributed by atoms with Crippen LogP contribution in [0, 0.1) is 0 Å². The number of rotatable bonds is 3. The molecule has 2 N–H and O–H groups in total. The molecule has 4 aromatic rings. The van der Waals surface area contributed by atoms with E-state index in [0.717, 1.165) is 6.29 Å². The summed E-state index contributed by atoms with van der Waals surface area (Å²) in [4.78, 5) is 33.0. The van der Waals surface area contributed by atoms with Gasteiger partial charge in [0.2, 0.25) is 0 Å². The van der Waals surface area contributed by atoms with Crippen molar-refractivity contribution in [3.05, 3.63) is 57.7 Å². The normalized spacial score (nSPS) is 11.2. The maximum atomic E-state index is 12.9. The molecule has 0 spiro atoms. The molecule has 6 nitrogen and oxygen atoms in total. The van der Waals surface area contributed by atoms with Gasteiger partial charge in [-0.25, -0.2) is 9.97 Å². The number of nitrogen functional groups attached to an aromatic ring is 1. The molecule has 0 amide bonds. The van der Waals surface area contributed by atoms with E-state index in [-0.39, 0.29) is 12.0 Å². The topological polar surface area (TPSA) is 90.9 Å². The lowest BCUT2D eigenvalue weighted by molar-refractivity contribution is -0.107. The lowest BCUT2D eigenvalue weighted by atomic mass is 10.1. The van der Waals surface area contributed by atoms with E-state index in [1.165, 1.54) is 22.2 Å². The van der Waals surface area contributed by atoms with Gasteiger partial charge in [0.15, 0.2) is 0 Å². The van der Waals surface area contributed by atoms with Gasteiger partial charge < -0.3 is 10.5 Å². The third-order valence-corrected chi connectivity index (χ3v) is 5.27. The first-order valence-electron chi connectivity index (χ1n) is 7.37. The lowest BCUT2D eigenvalue weighted by Crippen LogP contribution is -2.17. The fourth-order valence-corrected chi connectivity index (χ4v) is 3.87. The second-order valence-electron chi connectivity index (χ2n) is 5.42. The Kier molecular flexibility index (Phi) is 3.74. The van der Waals surface area contributed by atoms with Crippen molar-refractivity contribution in [2.75, 3.05) is 5.73 Å². The average molecular weight is 371 g/mol. The van der Waals surface area contributed by atoms with Crippen molar-refractivity contribution in [3.63, 3.8) is 0 Å². The van der Waals surface area contributed by atoms with E-state index >= 15 is 0 Å². The fourth-order valence-electron chi connectivity index (χ4n) is 2.69. The van der Waals surface area contributed by atoms with Crippen LogP contribution in [0.25, 0.3) is 26.1 Å². The van der Waals surface area contributed by atoms with Gasteiger partial charge in [0, 0.05) is 28.9 Å². The number of nitrogens with two attached hydrogens (primary N) is 1. The molecule has 0 bridgehead atoms. The van der Waals surface area contributed by atoms with E-state index in [1.807, 2.05) is 0 Å². The first kappa shape index (κ1) is 15.7. The maximum absolute atomic E-state index is 12.9. The molecule has 0 atom stereocenters. The molecule has 0 saturated heterocycles. The van der Waals surface area contributed by atoms with E-state index in [4.69, 9.17) is 17.3 Å². The molecular weight excluding hydrogens is 360 g/mol. The molecule has 3 aromatic heterocycles.